The highest BCUT2D eigenvalue weighted by Crippen LogP contribution is 2.26. The summed E-state index contributed by atoms with van der Waals surface area (Å²) in [6.45, 7) is 1.87. The minimum absolute atomic E-state index is 0.150. The summed E-state index contributed by atoms with van der Waals surface area (Å²) in [7, 11) is 0. The van der Waals surface area contributed by atoms with Gasteiger partial charge in [-0.1, -0.05) is 48.0 Å². The Kier molecular flexibility index (Phi) is 4.76. The Bertz CT molecular complexity index is 1360. The van der Waals surface area contributed by atoms with E-state index in [-0.39, 0.29) is 18.4 Å². The molecule has 7 nitrogen and oxygen atoms in total. The predicted octanol–water partition coefficient (Wildman–Crippen LogP) is 5.21. The highest BCUT2D eigenvalue weighted by atomic mass is 16.5. The van der Waals surface area contributed by atoms with Crippen molar-refractivity contribution in [3.05, 3.63) is 90.0 Å². The minimum atomic E-state index is -0.496. The van der Waals surface area contributed by atoms with Gasteiger partial charge in [-0.15, -0.1) is 10.2 Å². The van der Waals surface area contributed by atoms with Crippen LogP contribution in [0.1, 0.15) is 21.8 Å². The van der Waals surface area contributed by atoms with Crippen molar-refractivity contribution in [1.29, 1.82) is 0 Å². The van der Waals surface area contributed by atoms with Crippen molar-refractivity contribution in [2.75, 3.05) is 0 Å². The van der Waals surface area contributed by atoms with Crippen LogP contribution in [0.5, 0.6) is 0 Å². The molecule has 0 radical (unpaired) electrons. The summed E-state index contributed by atoms with van der Waals surface area (Å²) in [5.74, 6) is 0.363. The molecule has 0 saturated carbocycles. The first-order chi connectivity index (χ1) is 15.2. The quantitative estimate of drug-likeness (QED) is 0.367. The van der Waals surface area contributed by atoms with E-state index in [0.717, 1.165) is 11.1 Å². The largest absolute Gasteiger partial charge is 0.459 e. The second kappa shape index (κ2) is 7.87. The first kappa shape index (κ1) is 18.7. The van der Waals surface area contributed by atoms with E-state index in [9.17, 15) is 4.79 Å². The smallest absolute Gasteiger partial charge is 0.339 e. The van der Waals surface area contributed by atoms with Gasteiger partial charge in [0.1, 0.15) is 0 Å². The summed E-state index contributed by atoms with van der Waals surface area (Å²) in [6, 6.07) is 20.6. The molecule has 3 aromatic heterocycles. The fourth-order valence-corrected chi connectivity index (χ4v) is 3.23. The van der Waals surface area contributed by atoms with Gasteiger partial charge in [-0.2, -0.15) is 0 Å². The van der Waals surface area contributed by atoms with Crippen LogP contribution in [0, 0.1) is 6.92 Å². The Morgan fingerprint density at radius 3 is 2.65 bits per heavy atom. The fourth-order valence-electron chi connectivity index (χ4n) is 3.23. The molecule has 5 rings (SSSR count). The van der Waals surface area contributed by atoms with Crippen molar-refractivity contribution >= 4 is 16.9 Å². The summed E-state index contributed by atoms with van der Waals surface area (Å²) in [6.07, 6.45) is 1.51. The average molecular weight is 411 g/mol. The van der Waals surface area contributed by atoms with Gasteiger partial charge in [0.05, 0.1) is 23.0 Å². The minimum Gasteiger partial charge on any atom is -0.459 e. The topological polar surface area (TPSA) is 91.2 Å². The first-order valence-electron chi connectivity index (χ1n) is 9.67. The van der Waals surface area contributed by atoms with Gasteiger partial charge in [-0.05, 0) is 31.2 Å². The summed E-state index contributed by atoms with van der Waals surface area (Å²) in [5.41, 5.74) is 3.91. The number of ether oxygens (including phenoxy) is 1. The molecule has 0 unspecified atom stereocenters. The number of hydrogen-bond acceptors (Lipinski definition) is 7. The third kappa shape index (κ3) is 3.81. The molecule has 0 aliphatic rings. The van der Waals surface area contributed by atoms with Crippen molar-refractivity contribution in [2.45, 2.75) is 13.5 Å². The second-order valence-corrected chi connectivity index (χ2v) is 6.99. The van der Waals surface area contributed by atoms with Gasteiger partial charge < -0.3 is 13.6 Å². The second-order valence-electron chi connectivity index (χ2n) is 6.99. The molecule has 0 spiro atoms. The van der Waals surface area contributed by atoms with E-state index in [4.69, 9.17) is 18.6 Å². The Morgan fingerprint density at radius 1 is 1.00 bits per heavy atom. The number of nitrogens with zero attached hydrogens (tertiary/aromatic N) is 3. The van der Waals surface area contributed by atoms with Crippen molar-refractivity contribution in [3.63, 3.8) is 0 Å². The molecule has 152 valence electrons. The summed E-state index contributed by atoms with van der Waals surface area (Å²) < 4.78 is 16.2. The number of rotatable bonds is 5. The zero-order valence-corrected chi connectivity index (χ0v) is 16.6. The summed E-state index contributed by atoms with van der Waals surface area (Å²) in [5, 5.41) is 8.53. The van der Waals surface area contributed by atoms with Gasteiger partial charge in [0.15, 0.2) is 12.4 Å². The molecule has 31 heavy (non-hydrogen) atoms. The molecule has 0 saturated heterocycles. The van der Waals surface area contributed by atoms with E-state index in [0.29, 0.717) is 27.9 Å². The predicted molar refractivity (Wildman–Crippen MR) is 113 cm³/mol. The number of furan rings is 1. The normalized spacial score (nSPS) is 11.0. The Balaban J connectivity index is 1.43. The zero-order chi connectivity index (χ0) is 21.2. The van der Waals surface area contributed by atoms with Gasteiger partial charge >= 0.3 is 5.97 Å². The van der Waals surface area contributed by atoms with Crippen molar-refractivity contribution in [1.82, 2.24) is 15.2 Å². The Morgan fingerprint density at radius 2 is 1.84 bits per heavy atom. The van der Waals surface area contributed by atoms with Gasteiger partial charge in [-0.3, -0.25) is 0 Å². The van der Waals surface area contributed by atoms with Crippen LogP contribution in [0.4, 0.5) is 0 Å². The number of carbonyl (C=O) groups excluding carboxylic acids is 1. The van der Waals surface area contributed by atoms with Crippen molar-refractivity contribution < 1.29 is 18.4 Å². The molecule has 0 aliphatic carbocycles. The number of esters is 1. The van der Waals surface area contributed by atoms with Crippen LogP contribution in [-0.2, 0) is 11.3 Å². The first-order valence-corrected chi connectivity index (χ1v) is 9.67. The lowest BCUT2D eigenvalue weighted by Gasteiger charge is -2.09. The highest BCUT2D eigenvalue weighted by molar-refractivity contribution is 6.04. The van der Waals surface area contributed by atoms with E-state index in [2.05, 4.69) is 10.2 Å². The zero-order valence-electron chi connectivity index (χ0n) is 16.6. The number of aryl methyl sites for hydroxylation is 1. The monoisotopic (exact) mass is 411 g/mol. The lowest BCUT2D eigenvalue weighted by molar-refractivity contribution is 0.0441. The highest BCUT2D eigenvalue weighted by Gasteiger charge is 2.17. The number of hydrogen-bond donors (Lipinski definition) is 0. The number of pyridine rings is 1. The Hall–Kier alpha value is -4.26. The fraction of sp³-hybridized carbons (Fsp3) is 0.0833. The van der Waals surface area contributed by atoms with Crippen molar-refractivity contribution in [2.24, 2.45) is 0 Å². The number of fused-ring (bicyclic) bond motifs is 1. The summed E-state index contributed by atoms with van der Waals surface area (Å²) >= 11 is 0. The maximum atomic E-state index is 12.9. The number of benzene rings is 2. The number of carbonyl (C=O) groups is 1. The molecule has 3 heterocycles. The molecule has 0 bridgehead atoms. The molecule has 2 aromatic carbocycles. The van der Waals surface area contributed by atoms with Crippen LogP contribution in [0.3, 0.4) is 0 Å². The molecule has 0 amide bonds. The van der Waals surface area contributed by atoms with E-state index in [1.165, 1.54) is 6.26 Å². The molecule has 0 N–H and O–H groups in total. The van der Waals surface area contributed by atoms with Crippen LogP contribution < -0.4 is 0 Å². The SMILES string of the molecule is Cc1ccc(-c2cc(C(=O)OCc3nnc(-c4ccco4)o3)c3ccccc3n2)cc1. The van der Waals surface area contributed by atoms with Crippen LogP contribution in [0.15, 0.2) is 81.8 Å². The van der Waals surface area contributed by atoms with Crippen molar-refractivity contribution in [3.8, 4) is 22.9 Å². The average Bonchev–Trinajstić information content (AvgIpc) is 3.49. The van der Waals surface area contributed by atoms with Gasteiger partial charge in [0.25, 0.3) is 11.8 Å². The van der Waals surface area contributed by atoms with Gasteiger partial charge in [-0.25, -0.2) is 9.78 Å². The maximum absolute atomic E-state index is 12.9. The lowest BCUT2D eigenvalue weighted by atomic mass is 10.0. The summed E-state index contributed by atoms with van der Waals surface area (Å²) in [4.78, 5) is 17.7. The molecule has 5 aromatic rings. The van der Waals surface area contributed by atoms with E-state index < -0.39 is 5.97 Å². The lowest BCUT2D eigenvalue weighted by Crippen LogP contribution is -2.07. The van der Waals surface area contributed by atoms with Crippen LogP contribution >= 0.6 is 0 Å². The molecule has 0 fully saturated rings. The van der Waals surface area contributed by atoms with E-state index in [1.807, 2.05) is 55.5 Å². The van der Waals surface area contributed by atoms with E-state index >= 15 is 0 Å². The molecular weight excluding hydrogens is 394 g/mol. The van der Waals surface area contributed by atoms with Crippen LogP contribution in [0.25, 0.3) is 33.8 Å². The molecule has 0 aliphatic heterocycles. The van der Waals surface area contributed by atoms with Crippen LogP contribution in [0.2, 0.25) is 0 Å². The molecule has 7 heteroatoms. The number of para-hydroxylation sites is 1. The molecular formula is C24H17N3O4. The van der Waals surface area contributed by atoms with Gasteiger partial charge in [0.2, 0.25) is 0 Å². The number of aromatic nitrogens is 3. The Labute approximate surface area is 177 Å². The third-order valence-electron chi connectivity index (χ3n) is 4.81. The molecule has 0 atom stereocenters. The standard InChI is InChI=1S/C24H17N3O4/c1-15-8-10-16(11-9-15)20-13-18(17-5-2-3-6-19(17)25-20)24(28)30-14-22-26-27-23(31-22)21-7-4-12-29-21/h2-13H,14H2,1H3. The van der Waals surface area contributed by atoms with Gasteiger partial charge in [0, 0.05) is 10.9 Å². The maximum Gasteiger partial charge on any atom is 0.339 e. The third-order valence-corrected chi connectivity index (χ3v) is 4.81. The van der Waals surface area contributed by atoms with E-state index in [1.54, 1.807) is 18.2 Å². The van der Waals surface area contributed by atoms with Crippen LogP contribution in [-0.4, -0.2) is 21.2 Å².